The molecule has 0 unspecified atom stereocenters. The van der Waals surface area contributed by atoms with E-state index in [0.717, 1.165) is 22.0 Å². The van der Waals surface area contributed by atoms with Gasteiger partial charge in [-0.05, 0) is 53.6 Å². The van der Waals surface area contributed by atoms with Crippen LogP contribution in [0.3, 0.4) is 0 Å². The molecule has 0 saturated heterocycles. The van der Waals surface area contributed by atoms with Gasteiger partial charge in [0.1, 0.15) is 0 Å². The number of rotatable bonds is 4. The predicted octanol–water partition coefficient (Wildman–Crippen LogP) is 5.65. The molecule has 4 aromatic rings. The van der Waals surface area contributed by atoms with Crippen LogP contribution in [0.25, 0.3) is 10.8 Å². The number of fused-ring (bicyclic) bond motifs is 1. The molecule has 0 aliphatic heterocycles. The lowest BCUT2D eigenvalue weighted by molar-refractivity contribution is 0.101. The maximum atomic E-state index is 12.8. The van der Waals surface area contributed by atoms with Crippen LogP contribution >= 0.6 is 0 Å². The second-order valence-electron chi connectivity index (χ2n) is 6.83. The lowest BCUT2D eigenvalue weighted by Gasteiger charge is -2.11. The molecule has 2 N–H and O–H groups in total. The fraction of sp³-hybridized carbons (Fsp3) is 0.0400. The first-order chi connectivity index (χ1) is 14.1. The van der Waals surface area contributed by atoms with Crippen molar-refractivity contribution >= 4 is 34.0 Å². The van der Waals surface area contributed by atoms with Crippen molar-refractivity contribution in [2.24, 2.45) is 0 Å². The lowest BCUT2D eigenvalue weighted by Crippen LogP contribution is -2.15. The van der Waals surface area contributed by atoms with Gasteiger partial charge in [0.15, 0.2) is 0 Å². The van der Waals surface area contributed by atoms with Gasteiger partial charge in [-0.25, -0.2) is 0 Å². The van der Waals surface area contributed by atoms with Crippen molar-refractivity contribution in [3.05, 3.63) is 108 Å². The highest BCUT2D eigenvalue weighted by Gasteiger charge is 2.12. The highest BCUT2D eigenvalue weighted by molar-refractivity contribution is 6.13. The third kappa shape index (κ3) is 4.01. The van der Waals surface area contributed by atoms with Crippen LogP contribution in [0.5, 0.6) is 0 Å². The Morgan fingerprint density at radius 2 is 1.41 bits per heavy atom. The Kier molecular flexibility index (Phi) is 5.08. The van der Waals surface area contributed by atoms with E-state index in [1.54, 1.807) is 30.3 Å². The molecule has 0 aromatic heterocycles. The van der Waals surface area contributed by atoms with Crippen LogP contribution in [0.15, 0.2) is 91.0 Å². The summed E-state index contributed by atoms with van der Waals surface area (Å²) in [6.07, 6.45) is 0. The summed E-state index contributed by atoms with van der Waals surface area (Å²) in [4.78, 5) is 25.5. The average Bonchev–Trinajstić information content (AvgIpc) is 2.75. The van der Waals surface area contributed by atoms with Crippen molar-refractivity contribution < 1.29 is 9.59 Å². The predicted molar refractivity (Wildman–Crippen MR) is 117 cm³/mol. The Morgan fingerprint density at radius 1 is 0.690 bits per heavy atom. The Balaban J connectivity index is 1.55. The monoisotopic (exact) mass is 380 g/mol. The van der Waals surface area contributed by atoms with Crippen molar-refractivity contribution in [1.29, 1.82) is 0 Å². The van der Waals surface area contributed by atoms with Gasteiger partial charge in [-0.3, -0.25) is 9.59 Å². The highest BCUT2D eigenvalue weighted by Crippen LogP contribution is 2.21. The van der Waals surface area contributed by atoms with Gasteiger partial charge in [0, 0.05) is 22.5 Å². The van der Waals surface area contributed by atoms with Gasteiger partial charge in [-0.1, -0.05) is 60.7 Å². The molecule has 4 rings (SSSR count). The van der Waals surface area contributed by atoms with Crippen LogP contribution in [-0.2, 0) is 0 Å². The number of para-hydroxylation sites is 1. The zero-order valence-corrected chi connectivity index (χ0v) is 16.0. The van der Waals surface area contributed by atoms with E-state index < -0.39 is 0 Å². The first kappa shape index (κ1) is 18.4. The number of carbonyl (C=O) groups excluding carboxylic acids is 2. The third-order valence-corrected chi connectivity index (χ3v) is 4.81. The number of carbonyl (C=O) groups is 2. The highest BCUT2D eigenvalue weighted by atomic mass is 16.2. The van der Waals surface area contributed by atoms with Crippen LogP contribution < -0.4 is 10.6 Å². The maximum absolute atomic E-state index is 12.8. The second-order valence-corrected chi connectivity index (χ2v) is 6.83. The first-order valence-corrected chi connectivity index (χ1v) is 9.38. The Morgan fingerprint density at radius 3 is 2.28 bits per heavy atom. The van der Waals surface area contributed by atoms with Gasteiger partial charge in [-0.2, -0.15) is 0 Å². The molecule has 0 saturated carbocycles. The minimum absolute atomic E-state index is 0.210. The minimum atomic E-state index is -0.222. The smallest absolute Gasteiger partial charge is 0.256 e. The molecule has 0 aliphatic rings. The number of hydrogen-bond acceptors (Lipinski definition) is 2. The number of anilines is 2. The summed E-state index contributed by atoms with van der Waals surface area (Å²) >= 11 is 0. The van der Waals surface area contributed by atoms with Gasteiger partial charge < -0.3 is 10.6 Å². The van der Waals surface area contributed by atoms with Crippen molar-refractivity contribution in [2.45, 2.75) is 6.92 Å². The summed E-state index contributed by atoms with van der Waals surface area (Å²) in [5.74, 6) is -0.432. The number of hydrogen-bond donors (Lipinski definition) is 2. The van der Waals surface area contributed by atoms with Gasteiger partial charge in [0.2, 0.25) is 0 Å². The summed E-state index contributed by atoms with van der Waals surface area (Å²) in [7, 11) is 0. The van der Waals surface area contributed by atoms with Crippen molar-refractivity contribution in [1.82, 2.24) is 0 Å². The topological polar surface area (TPSA) is 58.2 Å². The van der Waals surface area contributed by atoms with E-state index in [0.29, 0.717) is 16.8 Å². The number of amides is 2. The van der Waals surface area contributed by atoms with Gasteiger partial charge in [0.05, 0.1) is 0 Å². The Hall–Kier alpha value is -3.92. The van der Waals surface area contributed by atoms with E-state index in [2.05, 4.69) is 10.6 Å². The van der Waals surface area contributed by atoms with Gasteiger partial charge >= 0.3 is 0 Å². The molecule has 0 atom stereocenters. The molecule has 0 bridgehead atoms. The molecule has 0 fully saturated rings. The SMILES string of the molecule is Cc1ccccc1NC(=O)c1cccc(NC(=O)c2cccc3ccccc23)c1. The molecule has 0 spiro atoms. The first-order valence-electron chi connectivity index (χ1n) is 9.38. The number of benzene rings is 4. The van der Waals surface area contributed by atoms with Gasteiger partial charge in [0.25, 0.3) is 11.8 Å². The van der Waals surface area contributed by atoms with Crippen molar-refractivity contribution in [3.8, 4) is 0 Å². The minimum Gasteiger partial charge on any atom is -0.322 e. The molecule has 0 aliphatic carbocycles. The quantitative estimate of drug-likeness (QED) is 0.480. The lowest BCUT2D eigenvalue weighted by atomic mass is 10.0. The van der Waals surface area contributed by atoms with E-state index in [9.17, 15) is 9.59 Å². The molecule has 29 heavy (non-hydrogen) atoms. The van der Waals surface area contributed by atoms with Crippen molar-refractivity contribution in [2.75, 3.05) is 10.6 Å². The Labute approximate surface area is 169 Å². The second kappa shape index (κ2) is 7.98. The fourth-order valence-electron chi connectivity index (χ4n) is 3.27. The molecule has 4 nitrogen and oxygen atoms in total. The summed E-state index contributed by atoms with van der Waals surface area (Å²) in [5.41, 5.74) is 3.39. The van der Waals surface area contributed by atoms with Crippen LogP contribution in [-0.4, -0.2) is 11.8 Å². The summed E-state index contributed by atoms with van der Waals surface area (Å²) in [6.45, 7) is 1.94. The van der Waals surface area contributed by atoms with E-state index in [4.69, 9.17) is 0 Å². The van der Waals surface area contributed by atoms with E-state index >= 15 is 0 Å². The van der Waals surface area contributed by atoms with Crippen LogP contribution in [0, 0.1) is 6.92 Å². The van der Waals surface area contributed by atoms with E-state index in [1.165, 1.54) is 0 Å². The van der Waals surface area contributed by atoms with Crippen LogP contribution in [0.2, 0.25) is 0 Å². The number of nitrogens with one attached hydrogen (secondary N) is 2. The number of aryl methyl sites for hydroxylation is 1. The Bertz CT molecular complexity index is 1210. The van der Waals surface area contributed by atoms with Gasteiger partial charge in [-0.15, -0.1) is 0 Å². The van der Waals surface area contributed by atoms with Crippen LogP contribution in [0.1, 0.15) is 26.3 Å². The zero-order chi connectivity index (χ0) is 20.2. The summed E-state index contributed by atoms with van der Waals surface area (Å²) in [6, 6.07) is 27.9. The van der Waals surface area contributed by atoms with Crippen molar-refractivity contribution in [3.63, 3.8) is 0 Å². The maximum Gasteiger partial charge on any atom is 0.256 e. The standard InChI is InChI=1S/C25H20N2O2/c1-17-8-2-5-15-23(17)27-24(28)19-11-6-12-20(16-19)26-25(29)22-14-7-10-18-9-3-4-13-21(18)22/h2-16H,1H3,(H,26,29)(H,27,28). The normalized spacial score (nSPS) is 10.5. The van der Waals surface area contributed by atoms with E-state index in [1.807, 2.05) is 67.6 Å². The summed E-state index contributed by atoms with van der Waals surface area (Å²) in [5, 5.41) is 7.71. The van der Waals surface area contributed by atoms with E-state index in [-0.39, 0.29) is 11.8 Å². The molecular formula is C25H20N2O2. The molecule has 2 amide bonds. The van der Waals surface area contributed by atoms with Crippen LogP contribution in [0.4, 0.5) is 11.4 Å². The molecular weight excluding hydrogens is 360 g/mol. The fourth-order valence-corrected chi connectivity index (χ4v) is 3.27. The molecule has 0 heterocycles. The largest absolute Gasteiger partial charge is 0.322 e. The molecule has 0 radical (unpaired) electrons. The summed E-state index contributed by atoms with van der Waals surface area (Å²) < 4.78 is 0. The molecule has 4 aromatic carbocycles. The zero-order valence-electron chi connectivity index (χ0n) is 16.0. The molecule has 142 valence electrons. The molecule has 4 heteroatoms. The average molecular weight is 380 g/mol. The third-order valence-electron chi connectivity index (χ3n) is 4.81.